The summed E-state index contributed by atoms with van der Waals surface area (Å²) in [6.07, 6.45) is -4.74. The number of benzene rings is 2. The molecule has 0 heterocycles. The fraction of sp³-hybridized carbons (Fsp3) is 0.222. The van der Waals surface area contributed by atoms with Crippen LogP contribution in [0.25, 0.3) is 0 Å². The lowest BCUT2D eigenvalue weighted by atomic mass is 10.1. The van der Waals surface area contributed by atoms with Crippen LogP contribution in [-0.2, 0) is 27.1 Å². The minimum atomic E-state index is -4.74. The Morgan fingerprint density at radius 1 is 1.17 bits per heavy atom. The number of hydrogen-bond acceptors (Lipinski definition) is 7. The molecule has 0 aromatic heterocycles. The first-order valence-corrected chi connectivity index (χ1v) is 8.04. The van der Waals surface area contributed by atoms with E-state index in [-0.39, 0.29) is 17.9 Å². The van der Waals surface area contributed by atoms with Gasteiger partial charge in [-0.15, -0.1) is 0 Å². The molecule has 0 atom stereocenters. The van der Waals surface area contributed by atoms with Crippen molar-refractivity contribution in [3.05, 3.63) is 69.3 Å². The Morgan fingerprint density at radius 2 is 1.90 bits per heavy atom. The van der Waals surface area contributed by atoms with Gasteiger partial charge in [0.2, 0.25) is 0 Å². The van der Waals surface area contributed by atoms with Crippen LogP contribution in [0, 0.1) is 10.1 Å². The van der Waals surface area contributed by atoms with Gasteiger partial charge in [-0.3, -0.25) is 14.9 Å². The summed E-state index contributed by atoms with van der Waals surface area (Å²) < 4.78 is 47.7. The SMILES string of the molecule is COC(=O)c1cccc(COC(=O)CNc2ccc(C(F)(F)F)cc2[N+](=O)[O-])c1. The third-order valence-electron chi connectivity index (χ3n) is 3.69. The number of nitro benzene ring substituents is 1. The standard InChI is InChI=1S/C18H15F3N2O6/c1-28-17(25)12-4-2-3-11(7-12)10-29-16(24)9-22-14-6-5-13(18(19,20)21)8-15(14)23(26)27/h2-8,22H,9-10H2,1H3. The maximum absolute atomic E-state index is 12.7. The van der Waals surface area contributed by atoms with E-state index in [9.17, 15) is 32.9 Å². The Morgan fingerprint density at radius 3 is 2.52 bits per heavy atom. The number of carbonyl (C=O) groups is 2. The lowest BCUT2D eigenvalue weighted by Crippen LogP contribution is -2.18. The monoisotopic (exact) mass is 412 g/mol. The maximum atomic E-state index is 12.7. The Hall–Kier alpha value is -3.63. The van der Waals surface area contributed by atoms with Crippen molar-refractivity contribution in [1.82, 2.24) is 0 Å². The summed E-state index contributed by atoms with van der Waals surface area (Å²) in [5.74, 6) is -1.36. The average Bonchev–Trinajstić information content (AvgIpc) is 2.69. The van der Waals surface area contributed by atoms with Crippen molar-refractivity contribution in [3.63, 3.8) is 0 Å². The van der Waals surface area contributed by atoms with E-state index in [1.807, 2.05) is 0 Å². The number of rotatable bonds is 7. The summed E-state index contributed by atoms with van der Waals surface area (Å²) in [5, 5.41) is 13.4. The molecule has 8 nitrogen and oxygen atoms in total. The first kappa shape index (κ1) is 21.7. The molecule has 2 aromatic carbocycles. The summed E-state index contributed by atoms with van der Waals surface area (Å²) in [6, 6.07) is 8.07. The fourth-order valence-electron chi connectivity index (χ4n) is 2.30. The lowest BCUT2D eigenvalue weighted by Gasteiger charge is -2.11. The summed E-state index contributed by atoms with van der Waals surface area (Å²) >= 11 is 0. The van der Waals surface area contributed by atoms with Crippen LogP contribution in [0.15, 0.2) is 42.5 Å². The van der Waals surface area contributed by atoms with Crippen molar-refractivity contribution in [2.24, 2.45) is 0 Å². The zero-order valence-corrected chi connectivity index (χ0v) is 15.0. The highest BCUT2D eigenvalue weighted by Gasteiger charge is 2.33. The number of hydrogen-bond donors (Lipinski definition) is 1. The van der Waals surface area contributed by atoms with Crippen LogP contribution in [0.1, 0.15) is 21.5 Å². The number of carbonyl (C=O) groups excluding carboxylic acids is 2. The summed E-state index contributed by atoms with van der Waals surface area (Å²) in [7, 11) is 1.22. The average molecular weight is 412 g/mol. The normalized spacial score (nSPS) is 10.9. The molecule has 0 spiro atoms. The Kier molecular flexibility index (Phi) is 6.75. The number of esters is 2. The minimum Gasteiger partial charge on any atom is -0.465 e. The molecule has 0 radical (unpaired) electrons. The van der Waals surface area contributed by atoms with Crippen molar-refractivity contribution in [3.8, 4) is 0 Å². The number of ether oxygens (including phenoxy) is 2. The van der Waals surface area contributed by atoms with Crippen LogP contribution >= 0.6 is 0 Å². The third-order valence-corrected chi connectivity index (χ3v) is 3.69. The second-order valence-electron chi connectivity index (χ2n) is 5.69. The summed E-state index contributed by atoms with van der Waals surface area (Å²) in [5.41, 5.74) is -1.49. The molecule has 0 amide bonds. The Bertz CT molecular complexity index is 930. The number of nitro groups is 1. The number of nitrogens with zero attached hydrogens (tertiary/aromatic N) is 1. The first-order valence-electron chi connectivity index (χ1n) is 8.04. The predicted molar refractivity (Wildman–Crippen MR) is 94.2 cm³/mol. The Balaban J connectivity index is 1.99. The number of nitrogens with one attached hydrogen (secondary N) is 1. The fourth-order valence-corrected chi connectivity index (χ4v) is 2.30. The molecular formula is C18H15F3N2O6. The van der Waals surface area contributed by atoms with E-state index in [0.29, 0.717) is 17.7 Å². The van der Waals surface area contributed by atoms with Crippen LogP contribution in [0.4, 0.5) is 24.5 Å². The maximum Gasteiger partial charge on any atom is 0.416 e. The third kappa shape index (κ3) is 5.92. The molecule has 0 aliphatic heterocycles. The quantitative estimate of drug-likeness (QED) is 0.421. The largest absolute Gasteiger partial charge is 0.465 e. The molecule has 0 aliphatic rings. The molecule has 0 saturated carbocycles. The van der Waals surface area contributed by atoms with Gasteiger partial charge < -0.3 is 14.8 Å². The smallest absolute Gasteiger partial charge is 0.416 e. The van der Waals surface area contributed by atoms with Crippen LogP contribution < -0.4 is 5.32 Å². The molecular weight excluding hydrogens is 397 g/mol. The molecule has 1 N–H and O–H groups in total. The van der Waals surface area contributed by atoms with Gasteiger partial charge in [-0.1, -0.05) is 12.1 Å². The summed E-state index contributed by atoms with van der Waals surface area (Å²) in [4.78, 5) is 33.3. The highest BCUT2D eigenvalue weighted by atomic mass is 19.4. The summed E-state index contributed by atoms with van der Waals surface area (Å²) in [6.45, 7) is -0.691. The van der Waals surface area contributed by atoms with E-state index in [1.54, 1.807) is 12.1 Å². The highest BCUT2D eigenvalue weighted by molar-refractivity contribution is 5.89. The van der Waals surface area contributed by atoms with Gasteiger partial charge in [-0.2, -0.15) is 13.2 Å². The van der Waals surface area contributed by atoms with Crippen LogP contribution in [0.3, 0.4) is 0 Å². The van der Waals surface area contributed by atoms with Gasteiger partial charge in [0.05, 0.1) is 23.2 Å². The van der Waals surface area contributed by atoms with E-state index in [4.69, 9.17) is 4.74 Å². The molecule has 29 heavy (non-hydrogen) atoms. The predicted octanol–water partition coefficient (Wildman–Crippen LogP) is 3.56. The van der Waals surface area contributed by atoms with E-state index < -0.39 is 40.8 Å². The second kappa shape index (κ2) is 9.04. The minimum absolute atomic E-state index is 0.180. The van der Waals surface area contributed by atoms with Gasteiger partial charge in [0, 0.05) is 6.07 Å². The van der Waals surface area contributed by atoms with Gasteiger partial charge in [-0.05, 0) is 29.8 Å². The van der Waals surface area contributed by atoms with Crippen LogP contribution in [0.5, 0.6) is 0 Å². The second-order valence-corrected chi connectivity index (χ2v) is 5.69. The molecule has 0 bridgehead atoms. The van der Waals surface area contributed by atoms with Crippen molar-refractivity contribution in [2.75, 3.05) is 19.0 Å². The van der Waals surface area contributed by atoms with Crippen molar-refractivity contribution in [1.29, 1.82) is 0 Å². The number of alkyl halides is 3. The molecule has 2 rings (SSSR count). The van der Waals surface area contributed by atoms with Gasteiger partial charge in [0.25, 0.3) is 5.69 Å². The van der Waals surface area contributed by atoms with Gasteiger partial charge in [0.1, 0.15) is 18.8 Å². The topological polar surface area (TPSA) is 108 Å². The van der Waals surface area contributed by atoms with E-state index >= 15 is 0 Å². The lowest BCUT2D eigenvalue weighted by molar-refractivity contribution is -0.384. The molecule has 11 heteroatoms. The van der Waals surface area contributed by atoms with Gasteiger partial charge >= 0.3 is 18.1 Å². The van der Waals surface area contributed by atoms with Crippen LogP contribution in [0.2, 0.25) is 0 Å². The molecule has 0 unspecified atom stereocenters. The zero-order valence-electron chi connectivity index (χ0n) is 15.0. The van der Waals surface area contributed by atoms with Crippen molar-refractivity contribution in [2.45, 2.75) is 12.8 Å². The van der Waals surface area contributed by atoms with Crippen molar-refractivity contribution >= 4 is 23.3 Å². The number of halogens is 3. The zero-order chi connectivity index (χ0) is 21.6. The Labute approximate surface area is 162 Å². The van der Waals surface area contributed by atoms with E-state index in [1.165, 1.54) is 19.2 Å². The van der Waals surface area contributed by atoms with Crippen molar-refractivity contribution < 1.29 is 37.2 Å². The number of anilines is 1. The molecule has 2 aromatic rings. The molecule has 0 fully saturated rings. The molecule has 0 saturated heterocycles. The molecule has 0 aliphatic carbocycles. The molecule has 154 valence electrons. The first-order chi connectivity index (χ1) is 13.6. The number of methoxy groups -OCH3 is 1. The van der Waals surface area contributed by atoms with Gasteiger partial charge in [0.15, 0.2) is 0 Å². The highest BCUT2D eigenvalue weighted by Crippen LogP contribution is 2.34. The van der Waals surface area contributed by atoms with Crippen LogP contribution in [-0.4, -0.2) is 30.5 Å². The van der Waals surface area contributed by atoms with E-state index in [2.05, 4.69) is 10.1 Å². The van der Waals surface area contributed by atoms with Gasteiger partial charge in [-0.25, -0.2) is 4.79 Å². The van der Waals surface area contributed by atoms with E-state index in [0.717, 1.165) is 6.07 Å².